The van der Waals surface area contributed by atoms with E-state index in [9.17, 15) is 0 Å². The standard InChI is InChI=1S/C13H21N3/c1-10-5-6-13(9-15-10)16-11(2)8-12-4-3-7-14-12/h5-6,9,11-12,14,16H,3-4,7-8H2,1-2H3. The number of aryl methyl sites for hydroxylation is 1. The number of nitrogens with one attached hydrogen (secondary N) is 2. The number of aromatic nitrogens is 1. The molecule has 3 heteroatoms. The van der Waals surface area contributed by atoms with Gasteiger partial charge in [0, 0.05) is 17.8 Å². The van der Waals surface area contributed by atoms with Gasteiger partial charge in [0.15, 0.2) is 0 Å². The van der Waals surface area contributed by atoms with Gasteiger partial charge in [0.2, 0.25) is 0 Å². The first kappa shape index (κ1) is 11.4. The average Bonchev–Trinajstić information content (AvgIpc) is 2.74. The summed E-state index contributed by atoms with van der Waals surface area (Å²) in [5, 5.41) is 7.02. The number of anilines is 1. The van der Waals surface area contributed by atoms with E-state index >= 15 is 0 Å². The zero-order chi connectivity index (χ0) is 11.4. The van der Waals surface area contributed by atoms with Crippen molar-refractivity contribution in [3.05, 3.63) is 24.0 Å². The zero-order valence-corrected chi connectivity index (χ0v) is 10.2. The van der Waals surface area contributed by atoms with E-state index in [-0.39, 0.29) is 0 Å². The molecule has 1 aliphatic rings. The molecule has 88 valence electrons. The van der Waals surface area contributed by atoms with Crippen LogP contribution in [0.15, 0.2) is 18.3 Å². The molecule has 0 spiro atoms. The molecular formula is C13H21N3. The van der Waals surface area contributed by atoms with E-state index in [4.69, 9.17) is 0 Å². The topological polar surface area (TPSA) is 37.0 Å². The van der Waals surface area contributed by atoms with Crippen LogP contribution in [0.3, 0.4) is 0 Å². The van der Waals surface area contributed by atoms with Crippen LogP contribution in [0, 0.1) is 6.92 Å². The summed E-state index contributed by atoms with van der Waals surface area (Å²) in [5.41, 5.74) is 2.19. The number of rotatable bonds is 4. The molecule has 3 nitrogen and oxygen atoms in total. The van der Waals surface area contributed by atoms with Crippen LogP contribution in [0.2, 0.25) is 0 Å². The Labute approximate surface area is 97.7 Å². The normalized spacial score (nSPS) is 22.0. The minimum absolute atomic E-state index is 0.500. The molecule has 1 fully saturated rings. The highest BCUT2D eigenvalue weighted by molar-refractivity contribution is 5.41. The zero-order valence-electron chi connectivity index (χ0n) is 10.2. The first-order valence-electron chi connectivity index (χ1n) is 6.16. The monoisotopic (exact) mass is 219 g/mol. The van der Waals surface area contributed by atoms with E-state index in [1.54, 1.807) is 0 Å². The molecule has 1 aromatic heterocycles. The maximum atomic E-state index is 4.29. The molecule has 1 aromatic rings. The number of pyridine rings is 1. The van der Waals surface area contributed by atoms with Crippen molar-refractivity contribution < 1.29 is 0 Å². The minimum Gasteiger partial charge on any atom is -0.381 e. The fourth-order valence-electron chi connectivity index (χ4n) is 2.28. The highest BCUT2D eigenvalue weighted by Gasteiger charge is 2.16. The third kappa shape index (κ3) is 3.20. The summed E-state index contributed by atoms with van der Waals surface area (Å²) in [4.78, 5) is 4.29. The lowest BCUT2D eigenvalue weighted by molar-refractivity contribution is 0.523. The molecule has 2 unspecified atom stereocenters. The van der Waals surface area contributed by atoms with Crippen molar-refractivity contribution in [2.24, 2.45) is 0 Å². The lowest BCUT2D eigenvalue weighted by Gasteiger charge is -2.19. The summed E-state index contributed by atoms with van der Waals surface area (Å²) < 4.78 is 0. The lowest BCUT2D eigenvalue weighted by Crippen LogP contribution is -2.29. The average molecular weight is 219 g/mol. The second-order valence-electron chi connectivity index (χ2n) is 4.76. The third-order valence-electron chi connectivity index (χ3n) is 3.12. The molecule has 0 saturated carbocycles. The molecule has 2 rings (SSSR count). The van der Waals surface area contributed by atoms with Crippen LogP contribution in [0.25, 0.3) is 0 Å². The van der Waals surface area contributed by atoms with E-state index in [2.05, 4.69) is 28.6 Å². The Kier molecular flexibility index (Phi) is 3.78. The van der Waals surface area contributed by atoms with Crippen molar-refractivity contribution in [3.63, 3.8) is 0 Å². The van der Waals surface area contributed by atoms with Crippen LogP contribution in [0.5, 0.6) is 0 Å². The molecule has 16 heavy (non-hydrogen) atoms. The maximum Gasteiger partial charge on any atom is 0.0529 e. The van der Waals surface area contributed by atoms with Gasteiger partial charge in [0.05, 0.1) is 11.9 Å². The van der Waals surface area contributed by atoms with Crippen molar-refractivity contribution in [2.75, 3.05) is 11.9 Å². The predicted octanol–water partition coefficient (Wildman–Crippen LogP) is 2.33. The molecule has 1 aliphatic heterocycles. The van der Waals surface area contributed by atoms with Crippen molar-refractivity contribution in [1.29, 1.82) is 0 Å². The Morgan fingerprint density at radius 3 is 3.06 bits per heavy atom. The van der Waals surface area contributed by atoms with Gasteiger partial charge in [-0.25, -0.2) is 0 Å². The van der Waals surface area contributed by atoms with Crippen LogP contribution >= 0.6 is 0 Å². The molecule has 0 aromatic carbocycles. The summed E-state index contributed by atoms with van der Waals surface area (Å²) in [6, 6.07) is 5.34. The Balaban J connectivity index is 1.81. The van der Waals surface area contributed by atoms with E-state index in [1.165, 1.54) is 25.8 Å². The van der Waals surface area contributed by atoms with Crippen molar-refractivity contribution in [3.8, 4) is 0 Å². The second kappa shape index (κ2) is 5.30. The van der Waals surface area contributed by atoms with E-state index < -0.39 is 0 Å². The van der Waals surface area contributed by atoms with Crippen LogP contribution in [0.1, 0.15) is 31.9 Å². The summed E-state index contributed by atoms with van der Waals surface area (Å²) in [6.07, 6.45) is 5.74. The van der Waals surface area contributed by atoms with Gasteiger partial charge in [-0.2, -0.15) is 0 Å². The molecule has 2 heterocycles. The molecular weight excluding hydrogens is 198 g/mol. The molecule has 0 aliphatic carbocycles. The highest BCUT2D eigenvalue weighted by Crippen LogP contribution is 2.14. The predicted molar refractivity (Wildman–Crippen MR) is 67.7 cm³/mol. The van der Waals surface area contributed by atoms with Gasteiger partial charge in [-0.05, 0) is 51.8 Å². The summed E-state index contributed by atoms with van der Waals surface area (Å²) in [6.45, 7) is 5.43. The fraction of sp³-hybridized carbons (Fsp3) is 0.615. The van der Waals surface area contributed by atoms with Gasteiger partial charge in [-0.3, -0.25) is 4.98 Å². The first-order chi connectivity index (χ1) is 7.74. The minimum atomic E-state index is 0.500. The quantitative estimate of drug-likeness (QED) is 0.816. The van der Waals surface area contributed by atoms with Crippen molar-refractivity contribution >= 4 is 5.69 Å². The van der Waals surface area contributed by atoms with Gasteiger partial charge >= 0.3 is 0 Å². The Morgan fingerprint density at radius 2 is 2.44 bits per heavy atom. The van der Waals surface area contributed by atoms with E-state index in [0.717, 1.165) is 11.4 Å². The van der Waals surface area contributed by atoms with Crippen LogP contribution in [-0.2, 0) is 0 Å². The molecule has 1 saturated heterocycles. The Hall–Kier alpha value is -1.09. The molecule has 0 bridgehead atoms. The van der Waals surface area contributed by atoms with Gasteiger partial charge in [-0.15, -0.1) is 0 Å². The Morgan fingerprint density at radius 1 is 1.56 bits per heavy atom. The number of hydrogen-bond acceptors (Lipinski definition) is 3. The molecule has 0 radical (unpaired) electrons. The van der Waals surface area contributed by atoms with Gasteiger partial charge < -0.3 is 10.6 Å². The first-order valence-corrected chi connectivity index (χ1v) is 6.16. The molecule has 2 N–H and O–H groups in total. The van der Waals surface area contributed by atoms with E-state index in [0.29, 0.717) is 12.1 Å². The van der Waals surface area contributed by atoms with Crippen molar-refractivity contribution in [2.45, 2.75) is 45.2 Å². The second-order valence-corrected chi connectivity index (χ2v) is 4.76. The largest absolute Gasteiger partial charge is 0.381 e. The lowest BCUT2D eigenvalue weighted by atomic mass is 10.1. The number of nitrogens with zero attached hydrogens (tertiary/aromatic N) is 1. The third-order valence-corrected chi connectivity index (χ3v) is 3.12. The molecule has 0 amide bonds. The number of hydrogen-bond donors (Lipinski definition) is 2. The molecule has 2 atom stereocenters. The van der Waals surface area contributed by atoms with Gasteiger partial charge in [-0.1, -0.05) is 0 Å². The van der Waals surface area contributed by atoms with Gasteiger partial charge in [0.25, 0.3) is 0 Å². The Bertz CT molecular complexity index is 314. The summed E-state index contributed by atoms with van der Waals surface area (Å²) >= 11 is 0. The van der Waals surface area contributed by atoms with E-state index in [1.807, 2.05) is 19.2 Å². The maximum absolute atomic E-state index is 4.29. The summed E-state index contributed by atoms with van der Waals surface area (Å²) in [7, 11) is 0. The van der Waals surface area contributed by atoms with Crippen molar-refractivity contribution in [1.82, 2.24) is 10.3 Å². The van der Waals surface area contributed by atoms with Crippen LogP contribution in [-0.4, -0.2) is 23.6 Å². The van der Waals surface area contributed by atoms with Crippen LogP contribution < -0.4 is 10.6 Å². The smallest absolute Gasteiger partial charge is 0.0529 e. The van der Waals surface area contributed by atoms with Gasteiger partial charge in [0.1, 0.15) is 0 Å². The van der Waals surface area contributed by atoms with Crippen LogP contribution in [0.4, 0.5) is 5.69 Å². The summed E-state index contributed by atoms with van der Waals surface area (Å²) in [5.74, 6) is 0. The highest BCUT2D eigenvalue weighted by atomic mass is 15.0. The SMILES string of the molecule is Cc1ccc(NC(C)CC2CCCN2)cn1. The fourth-order valence-corrected chi connectivity index (χ4v) is 2.28.